The van der Waals surface area contributed by atoms with Crippen molar-refractivity contribution in [2.75, 3.05) is 13.2 Å². The lowest BCUT2D eigenvalue weighted by atomic mass is 10.2. The summed E-state index contributed by atoms with van der Waals surface area (Å²) in [7, 11) is 0. The van der Waals surface area contributed by atoms with E-state index in [1.165, 1.54) is 0 Å². The van der Waals surface area contributed by atoms with Crippen LogP contribution in [0.4, 0.5) is 0 Å². The molecular weight excluding hydrogens is 408 g/mol. The van der Waals surface area contributed by atoms with E-state index in [4.69, 9.17) is 14.2 Å². The van der Waals surface area contributed by atoms with Crippen LogP contribution in [0.1, 0.15) is 59.3 Å². The van der Waals surface area contributed by atoms with Gasteiger partial charge in [-0.05, 0) is 19.3 Å². The van der Waals surface area contributed by atoms with E-state index in [0.717, 1.165) is 12.8 Å². The fourth-order valence-electron chi connectivity index (χ4n) is 1.85. The second-order valence-electron chi connectivity index (χ2n) is 6.28. The van der Waals surface area contributed by atoms with Gasteiger partial charge in [0.05, 0.1) is 19.3 Å². The number of esters is 3. The molecule has 0 aliphatic carbocycles. The highest BCUT2D eigenvalue weighted by molar-refractivity contribution is 7.81. The molecule has 0 saturated carbocycles. The molecule has 0 fully saturated rings. The Morgan fingerprint density at radius 2 is 1.00 bits per heavy atom. The van der Waals surface area contributed by atoms with Crippen molar-refractivity contribution in [3.8, 4) is 0 Å². The zero-order valence-electron chi connectivity index (χ0n) is 16.3. The van der Waals surface area contributed by atoms with Gasteiger partial charge in [-0.2, -0.15) is 37.9 Å². The maximum Gasteiger partial charge on any atom is 0.307 e. The van der Waals surface area contributed by atoms with Crippen molar-refractivity contribution < 1.29 is 28.6 Å². The van der Waals surface area contributed by atoms with Crippen molar-refractivity contribution in [1.82, 2.24) is 0 Å². The van der Waals surface area contributed by atoms with Gasteiger partial charge in [-0.25, -0.2) is 0 Å². The molecule has 3 atom stereocenters. The molecule has 3 unspecified atom stereocenters. The Labute approximate surface area is 178 Å². The first-order valence-corrected chi connectivity index (χ1v) is 10.8. The predicted molar refractivity (Wildman–Crippen MR) is 115 cm³/mol. The third-order valence-corrected chi connectivity index (χ3v) is 5.42. The van der Waals surface area contributed by atoms with Gasteiger partial charge in [0, 0.05) is 15.7 Å². The SMILES string of the molecule is CCC(S)CC(=O)OCC(COC(=O)CC(S)CC)OC(=O)CC(S)CC. The standard InChI is InChI=1S/C18H32O6S3/c1-4-13(25)7-16(19)22-10-12(24-18(21)9-15(27)6-3)11-23-17(20)8-14(26)5-2/h12-15,25-27H,4-11H2,1-3H3. The Morgan fingerprint density at radius 3 is 1.33 bits per heavy atom. The molecule has 0 spiro atoms. The molecule has 0 radical (unpaired) electrons. The molecular formula is C18H32O6S3. The quantitative estimate of drug-likeness (QED) is 0.219. The molecule has 0 saturated heterocycles. The van der Waals surface area contributed by atoms with E-state index in [-0.39, 0.29) is 48.2 Å². The number of thiol groups is 3. The summed E-state index contributed by atoms with van der Waals surface area (Å²) in [5.41, 5.74) is 0. The van der Waals surface area contributed by atoms with Crippen molar-refractivity contribution in [2.24, 2.45) is 0 Å². The lowest BCUT2D eigenvalue weighted by molar-refractivity contribution is -0.166. The molecule has 0 aliphatic heterocycles. The maximum atomic E-state index is 12.0. The molecule has 0 aromatic rings. The summed E-state index contributed by atoms with van der Waals surface area (Å²) in [4.78, 5) is 35.6. The number of ether oxygens (including phenoxy) is 3. The third kappa shape index (κ3) is 14.2. The zero-order valence-corrected chi connectivity index (χ0v) is 18.9. The predicted octanol–water partition coefficient (Wildman–Crippen LogP) is 3.28. The highest BCUT2D eigenvalue weighted by Gasteiger charge is 2.21. The molecule has 0 aromatic carbocycles. The summed E-state index contributed by atoms with van der Waals surface area (Å²) >= 11 is 12.8. The number of carbonyl (C=O) groups is 3. The lowest BCUT2D eigenvalue weighted by Gasteiger charge is -2.19. The van der Waals surface area contributed by atoms with Gasteiger partial charge in [0.2, 0.25) is 0 Å². The molecule has 9 heteroatoms. The van der Waals surface area contributed by atoms with Crippen molar-refractivity contribution in [1.29, 1.82) is 0 Å². The highest BCUT2D eigenvalue weighted by Crippen LogP contribution is 2.11. The number of carbonyl (C=O) groups excluding carboxylic acids is 3. The van der Waals surface area contributed by atoms with E-state index in [0.29, 0.717) is 6.42 Å². The van der Waals surface area contributed by atoms with Crippen LogP contribution in [0.25, 0.3) is 0 Å². The number of hydrogen-bond acceptors (Lipinski definition) is 9. The molecule has 158 valence electrons. The largest absolute Gasteiger partial charge is 0.462 e. The molecule has 0 rings (SSSR count). The summed E-state index contributed by atoms with van der Waals surface area (Å²) < 4.78 is 15.6. The number of hydrogen-bond donors (Lipinski definition) is 3. The smallest absolute Gasteiger partial charge is 0.307 e. The van der Waals surface area contributed by atoms with E-state index in [1.54, 1.807) is 0 Å². The first-order chi connectivity index (χ1) is 12.7. The molecule has 0 bridgehead atoms. The van der Waals surface area contributed by atoms with Crippen LogP contribution in [-0.4, -0.2) is 53.0 Å². The summed E-state index contributed by atoms with van der Waals surface area (Å²) in [6.07, 6.45) is 1.77. The Balaban J connectivity index is 4.62. The minimum atomic E-state index is -0.859. The fourth-order valence-corrected chi connectivity index (χ4v) is 2.30. The average Bonchev–Trinajstić information content (AvgIpc) is 2.63. The molecule has 0 aliphatic rings. The lowest BCUT2D eigenvalue weighted by Crippen LogP contribution is -2.32. The fraction of sp³-hybridized carbons (Fsp3) is 0.833. The van der Waals surface area contributed by atoms with Crippen LogP contribution < -0.4 is 0 Å². The molecule has 6 nitrogen and oxygen atoms in total. The second-order valence-corrected chi connectivity index (χ2v) is 8.47. The second kappa shape index (κ2) is 15.4. The summed E-state index contributed by atoms with van der Waals surface area (Å²) in [6.45, 7) is 5.39. The molecule has 0 aromatic heterocycles. The normalized spacial score (nSPS) is 15.3. The van der Waals surface area contributed by atoms with E-state index >= 15 is 0 Å². The topological polar surface area (TPSA) is 78.9 Å². The maximum absolute atomic E-state index is 12.0. The third-order valence-electron chi connectivity index (χ3n) is 3.78. The highest BCUT2D eigenvalue weighted by atomic mass is 32.1. The minimum absolute atomic E-state index is 0.0906. The summed E-state index contributed by atoms with van der Waals surface area (Å²) in [6, 6.07) is 0. The molecule has 0 N–H and O–H groups in total. The van der Waals surface area contributed by atoms with Gasteiger partial charge < -0.3 is 14.2 Å². The molecule has 0 amide bonds. The van der Waals surface area contributed by atoms with Gasteiger partial charge in [0.1, 0.15) is 13.2 Å². The van der Waals surface area contributed by atoms with Crippen molar-refractivity contribution in [2.45, 2.75) is 81.1 Å². The first kappa shape index (κ1) is 26.5. The Morgan fingerprint density at radius 1 is 0.667 bits per heavy atom. The monoisotopic (exact) mass is 440 g/mol. The van der Waals surface area contributed by atoms with E-state index in [9.17, 15) is 14.4 Å². The Kier molecular flexibility index (Phi) is 15.1. The van der Waals surface area contributed by atoms with Gasteiger partial charge in [-0.15, -0.1) is 0 Å². The van der Waals surface area contributed by atoms with Gasteiger partial charge >= 0.3 is 17.9 Å². The van der Waals surface area contributed by atoms with Crippen LogP contribution in [0.15, 0.2) is 0 Å². The van der Waals surface area contributed by atoms with Crippen LogP contribution >= 0.6 is 37.9 Å². The van der Waals surface area contributed by atoms with Gasteiger partial charge in [0.25, 0.3) is 0 Å². The van der Waals surface area contributed by atoms with E-state index in [2.05, 4.69) is 37.9 Å². The van der Waals surface area contributed by atoms with Gasteiger partial charge in [-0.1, -0.05) is 20.8 Å². The molecule has 27 heavy (non-hydrogen) atoms. The first-order valence-electron chi connectivity index (χ1n) is 9.26. The van der Waals surface area contributed by atoms with Crippen LogP contribution in [0.2, 0.25) is 0 Å². The van der Waals surface area contributed by atoms with Crippen molar-refractivity contribution in [3.05, 3.63) is 0 Å². The molecule has 0 heterocycles. The zero-order chi connectivity index (χ0) is 20.8. The Bertz CT molecular complexity index is 432. The van der Waals surface area contributed by atoms with Crippen LogP contribution in [-0.2, 0) is 28.6 Å². The minimum Gasteiger partial charge on any atom is -0.462 e. The summed E-state index contributed by atoms with van der Waals surface area (Å²) in [5.74, 6) is -1.35. The Hall–Kier alpha value is -0.540. The van der Waals surface area contributed by atoms with Crippen molar-refractivity contribution in [3.63, 3.8) is 0 Å². The van der Waals surface area contributed by atoms with Crippen LogP contribution in [0.5, 0.6) is 0 Å². The average molecular weight is 441 g/mol. The van der Waals surface area contributed by atoms with E-state index < -0.39 is 24.0 Å². The van der Waals surface area contributed by atoms with Crippen LogP contribution in [0, 0.1) is 0 Å². The van der Waals surface area contributed by atoms with Gasteiger partial charge in [-0.3, -0.25) is 14.4 Å². The summed E-state index contributed by atoms with van der Waals surface area (Å²) in [5, 5.41) is -0.299. The van der Waals surface area contributed by atoms with Crippen LogP contribution in [0.3, 0.4) is 0 Å². The van der Waals surface area contributed by atoms with E-state index in [1.807, 2.05) is 20.8 Å². The van der Waals surface area contributed by atoms with Gasteiger partial charge in [0.15, 0.2) is 6.10 Å². The number of rotatable bonds is 14. The van der Waals surface area contributed by atoms with Crippen molar-refractivity contribution >= 4 is 55.8 Å².